The van der Waals surface area contributed by atoms with Crippen molar-refractivity contribution >= 4 is 78.8 Å². The predicted molar refractivity (Wildman–Crippen MR) is 356 cm³/mol. The van der Waals surface area contributed by atoms with Gasteiger partial charge in [-0.25, -0.2) is 9.97 Å². The SMILES string of the molecule is CN1CCN(c2cc(C(=O)NCCN(CCC(=O)NCCOCCOCCNC(=O)COc3ccc4cnccc4c3)CCC(=O)NCCOCCOCCNC(=O)COc3ccc4cnccc4c3)c3nc(-c4ccc5nc(-c6ccc(O)cc6)[nH]c5c4)[nH]c3c2)CC1. The molecule has 5 amide bonds. The van der Waals surface area contributed by atoms with E-state index in [1.54, 1.807) is 61.2 Å². The largest absolute Gasteiger partial charge is 0.508 e. The number of ether oxygens (including phenoxy) is 6. The van der Waals surface area contributed by atoms with E-state index in [0.717, 1.165) is 75.6 Å². The second-order valence-corrected chi connectivity index (χ2v) is 22.4. The van der Waals surface area contributed by atoms with Gasteiger partial charge in [-0.2, -0.15) is 0 Å². The Morgan fingerprint density at radius 3 is 1.60 bits per heavy atom. The van der Waals surface area contributed by atoms with Gasteiger partial charge >= 0.3 is 0 Å². The Morgan fingerprint density at radius 1 is 0.511 bits per heavy atom. The lowest BCUT2D eigenvalue weighted by molar-refractivity contribution is -0.124. The number of aromatic amines is 2. The molecule has 26 heteroatoms. The molecule has 5 heterocycles. The van der Waals surface area contributed by atoms with Gasteiger partial charge in [-0.1, -0.05) is 0 Å². The molecular formula is C68H80N14O12. The summed E-state index contributed by atoms with van der Waals surface area (Å²) in [6.45, 7) is 7.62. The molecule has 10 rings (SSSR count). The van der Waals surface area contributed by atoms with E-state index in [9.17, 15) is 29.1 Å². The molecule has 1 saturated heterocycles. The summed E-state index contributed by atoms with van der Waals surface area (Å²) in [5.74, 6) is 1.32. The maximum atomic E-state index is 14.4. The summed E-state index contributed by atoms with van der Waals surface area (Å²) >= 11 is 0. The summed E-state index contributed by atoms with van der Waals surface area (Å²) in [5.41, 5.74) is 5.69. The maximum absolute atomic E-state index is 14.4. The third kappa shape index (κ3) is 20.3. The average Bonchev–Trinajstić information content (AvgIpc) is 1.61. The van der Waals surface area contributed by atoms with Gasteiger partial charge in [0.2, 0.25) is 11.8 Å². The van der Waals surface area contributed by atoms with Crippen LogP contribution in [0.1, 0.15) is 23.2 Å². The second kappa shape index (κ2) is 34.7. The van der Waals surface area contributed by atoms with Crippen molar-refractivity contribution in [2.45, 2.75) is 12.8 Å². The molecule has 1 aliphatic heterocycles. The summed E-state index contributed by atoms with van der Waals surface area (Å²) < 4.78 is 33.8. The topological polar surface area (TPSA) is 314 Å². The number of likely N-dealkylation sites (N-methyl/N-ethyl adjacent to an activating group) is 1. The number of rotatable bonds is 37. The lowest BCUT2D eigenvalue weighted by Gasteiger charge is -2.34. The lowest BCUT2D eigenvalue weighted by atomic mass is 10.1. The Bertz CT molecular complexity index is 3840. The van der Waals surface area contributed by atoms with Crippen molar-refractivity contribution in [2.75, 3.05) is 157 Å². The minimum absolute atomic E-state index is 0.127. The number of anilines is 1. The Kier molecular flexibility index (Phi) is 24.8. The first-order chi connectivity index (χ1) is 46.0. The van der Waals surface area contributed by atoms with Gasteiger partial charge in [-0.05, 0) is 121 Å². The number of phenols is 1. The highest BCUT2D eigenvalue weighted by molar-refractivity contribution is 6.07. The van der Waals surface area contributed by atoms with Crippen LogP contribution in [0.2, 0.25) is 0 Å². The van der Waals surface area contributed by atoms with Crippen molar-refractivity contribution in [3.8, 4) is 40.0 Å². The van der Waals surface area contributed by atoms with E-state index in [1.807, 2.05) is 71.6 Å². The van der Waals surface area contributed by atoms with E-state index in [1.165, 1.54) is 0 Å². The number of H-pyrrole nitrogens is 2. The first kappa shape index (κ1) is 67.1. The molecule has 8 N–H and O–H groups in total. The third-order valence-electron chi connectivity index (χ3n) is 15.6. The fourth-order valence-corrected chi connectivity index (χ4v) is 10.4. The molecule has 0 atom stereocenters. The molecule has 0 saturated carbocycles. The van der Waals surface area contributed by atoms with E-state index in [-0.39, 0.29) is 107 Å². The standard InChI is InChI=1S/C68H80N14O12/c1-80-26-28-82(29-27-80)53-41-57(65-60(42-53)78-67(79-65)50-6-11-58-59(40-50)77-66(76-58)47-2-7-54(83)8-3-47)68(88)75-18-25-81(23-14-61(84)71-19-30-89-34-36-91-32-21-73-63(86)45-93-55-9-4-51-43-69-16-12-48(51)38-55)24-15-62(85)72-20-31-90-35-37-92-33-22-74-64(87)46-94-56-10-5-52-44-70-17-13-49(52)39-56/h2-13,16-17,38-44,83H,14-15,18-37,45-46H2,1H3,(H,71,84)(H,72,85)(H,73,86)(H,74,87)(H,75,88)(H,76,77)(H,78,79). The molecule has 5 aromatic carbocycles. The van der Waals surface area contributed by atoms with Gasteiger partial charge in [0.1, 0.15) is 34.4 Å². The zero-order chi connectivity index (χ0) is 65.3. The number of piperazine rings is 1. The van der Waals surface area contributed by atoms with E-state index in [4.69, 9.17) is 38.4 Å². The molecule has 0 unspecified atom stereocenters. The van der Waals surface area contributed by atoms with Gasteiger partial charge in [0, 0.05) is 144 Å². The fourth-order valence-electron chi connectivity index (χ4n) is 10.4. The summed E-state index contributed by atoms with van der Waals surface area (Å²) in [7, 11) is 2.09. The molecule has 0 spiro atoms. The number of aromatic nitrogens is 6. The van der Waals surface area contributed by atoms with Crippen LogP contribution < -0.4 is 41.0 Å². The number of hydrogen-bond donors (Lipinski definition) is 8. The number of fused-ring (bicyclic) bond motifs is 4. The first-order valence-corrected chi connectivity index (χ1v) is 31.5. The molecule has 0 bridgehead atoms. The highest BCUT2D eigenvalue weighted by Gasteiger charge is 2.22. The van der Waals surface area contributed by atoms with Gasteiger partial charge in [-0.15, -0.1) is 0 Å². The molecule has 1 aliphatic rings. The Labute approximate surface area is 543 Å². The summed E-state index contributed by atoms with van der Waals surface area (Å²) in [4.78, 5) is 96.8. The average molecular weight is 1290 g/mol. The van der Waals surface area contributed by atoms with Gasteiger partial charge in [0.05, 0.1) is 75.0 Å². The first-order valence-electron chi connectivity index (χ1n) is 31.5. The number of carbonyl (C=O) groups excluding carboxylic acids is 5. The molecular weight excluding hydrogens is 1200 g/mol. The highest BCUT2D eigenvalue weighted by Crippen LogP contribution is 2.31. The number of imidazole rings is 2. The van der Waals surface area contributed by atoms with Crippen molar-refractivity contribution < 1.29 is 57.5 Å². The Morgan fingerprint density at radius 2 is 1.03 bits per heavy atom. The van der Waals surface area contributed by atoms with Crippen molar-refractivity contribution in [2.24, 2.45) is 0 Å². The Hall–Kier alpha value is -9.83. The number of amides is 5. The molecule has 0 aliphatic carbocycles. The van der Waals surface area contributed by atoms with Crippen molar-refractivity contribution in [1.29, 1.82) is 0 Å². The quantitative estimate of drug-likeness (QED) is 0.0242. The molecule has 9 aromatic rings. The summed E-state index contributed by atoms with van der Waals surface area (Å²) in [6, 6.07) is 31.4. The van der Waals surface area contributed by atoms with Crippen LogP contribution in [-0.2, 0) is 38.1 Å². The lowest BCUT2D eigenvalue weighted by Crippen LogP contribution is -2.44. The molecule has 1 fully saturated rings. The van der Waals surface area contributed by atoms with E-state index < -0.39 is 0 Å². The summed E-state index contributed by atoms with van der Waals surface area (Å²) in [6.07, 6.45) is 7.19. The third-order valence-corrected chi connectivity index (χ3v) is 15.6. The maximum Gasteiger partial charge on any atom is 0.258 e. The minimum Gasteiger partial charge on any atom is -0.508 e. The van der Waals surface area contributed by atoms with Crippen molar-refractivity contribution in [3.63, 3.8) is 0 Å². The molecule has 0 radical (unpaired) electrons. The normalized spacial score (nSPS) is 12.6. The van der Waals surface area contributed by atoms with E-state index in [2.05, 4.69) is 63.4 Å². The minimum atomic E-state index is -0.319. The van der Waals surface area contributed by atoms with Gasteiger partial charge < -0.3 is 84.8 Å². The van der Waals surface area contributed by atoms with E-state index in [0.29, 0.717) is 98.9 Å². The van der Waals surface area contributed by atoms with Crippen LogP contribution in [-0.4, -0.2) is 226 Å². The smallest absolute Gasteiger partial charge is 0.258 e. The zero-order valence-electron chi connectivity index (χ0n) is 52.7. The van der Waals surface area contributed by atoms with Crippen LogP contribution in [0.4, 0.5) is 5.69 Å². The van der Waals surface area contributed by atoms with Crippen LogP contribution >= 0.6 is 0 Å². The second-order valence-electron chi connectivity index (χ2n) is 22.4. The van der Waals surface area contributed by atoms with Crippen LogP contribution in [0, 0.1) is 0 Å². The van der Waals surface area contributed by atoms with Crippen LogP contribution in [0.25, 0.3) is 66.4 Å². The Balaban J connectivity index is 0.667. The number of carbonyl (C=O) groups is 5. The van der Waals surface area contributed by atoms with Crippen LogP contribution in [0.5, 0.6) is 17.2 Å². The predicted octanol–water partition coefficient (Wildman–Crippen LogP) is 4.83. The molecule has 494 valence electrons. The fraction of sp³-hybridized carbons (Fsp3) is 0.368. The highest BCUT2D eigenvalue weighted by atomic mass is 16.5. The van der Waals surface area contributed by atoms with Gasteiger partial charge in [0.15, 0.2) is 13.2 Å². The van der Waals surface area contributed by atoms with Crippen LogP contribution in [0.3, 0.4) is 0 Å². The molecule has 26 nitrogen and oxygen atoms in total. The number of benzene rings is 5. The van der Waals surface area contributed by atoms with Crippen LogP contribution in [0.15, 0.2) is 128 Å². The molecule has 94 heavy (non-hydrogen) atoms. The number of hydrogen-bond acceptors (Lipinski definition) is 19. The summed E-state index contributed by atoms with van der Waals surface area (Å²) in [5, 5.41) is 28.2. The number of nitrogens with zero attached hydrogens (tertiary/aromatic N) is 7. The van der Waals surface area contributed by atoms with E-state index >= 15 is 0 Å². The monoisotopic (exact) mass is 1280 g/mol. The number of aromatic hydroxyl groups is 1. The van der Waals surface area contributed by atoms with Gasteiger partial charge in [0.25, 0.3) is 17.7 Å². The zero-order valence-corrected chi connectivity index (χ0v) is 52.7. The number of nitrogens with one attached hydrogen (secondary N) is 7. The van der Waals surface area contributed by atoms with Crippen molar-refractivity contribution in [1.82, 2.24) is 66.3 Å². The van der Waals surface area contributed by atoms with Gasteiger partial charge in [-0.3, -0.25) is 33.9 Å². The number of pyridine rings is 2. The molecule has 4 aromatic heterocycles. The van der Waals surface area contributed by atoms with Crippen molar-refractivity contribution in [3.05, 3.63) is 133 Å². The number of phenolic OH excluding ortho intramolecular Hbond substituents is 1.